The topological polar surface area (TPSA) is 12.0 Å². The lowest BCUT2D eigenvalue weighted by Crippen LogP contribution is -2.49. The van der Waals surface area contributed by atoms with Crippen molar-refractivity contribution in [1.82, 2.24) is 5.32 Å². The van der Waals surface area contributed by atoms with E-state index < -0.39 is 0 Å². The normalized spacial score (nSPS) is 25.8. The maximum Gasteiger partial charge on any atom is 0.0406 e. The smallest absolute Gasteiger partial charge is 0.0406 e. The Kier molecular flexibility index (Phi) is 5.51. The van der Waals surface area contributed by atoms with Gasteiger partial charge in [0.2, 0.25) is 0 Å². The molecule has 0 saturated heterocycles. The zero-order valence-corrected chi connectivity index (χ0v) is 13.8. The van der Waals surface area contributed by atoms with Crippen LogP contribution < -0.4 is 5.32 Å². The molecule has 0 heterocycles. The largest absolute Gasteiger partial charge is 0.316 e. The van der Waals surface area contributed by atoms with Gasteiger partial charge in [-0.2, -0.15) is 0 Å². The summed E-state index contributed by atoms with van der Waals surface area (Å²) in [7, 11) is 0. The third kappa shape index (κ3) is 3.77. The van der Waals surface area contributed by atoms with Crippen LogP contribution in [0.5, 0.6) is 0 Å². The Balaban J connectivity index is 2.03. The van der Waals surface area contributed by atoms with E-state index in [9.17, 15) is 0 Å². The summed E-state index contributed by atoms with van der Waals surface area (Å²) in [6.07, 6.45) is 5.33. The SMILES string of the molecule is CCCC1CC(CNCC(C)C)(c2ccc(Cl)cc2)C1. The van der Waals surface area contributed by atoms with E-state index in [4.69, 9.17) is 11.6 Å². The van der Waals surface area contributed by atoms with E-state index in [-0.39, 0.29) is 0 Å². The lowest BCUT2D eigenvalue weighted by Gasteiger charge is -2.49. The molecule has 0 radical (unpaired) electrons. The molecule has 0 unspecified atom stereocenters. The first kappa shape index (κ1) is 15.9. The first-order valence-electron chi connectivity index (χ1n) is 8.02. The number of rotatable bonds is 7. The first-order chi connectivity index (χ1) is 9.55. The van der Waals surface area contributed by atoms with Gasteiger partial charge in [-0.25, -0.2) is 0 Å². The summed E-state index contributed by atoms with van der Waals surface area (Å²) < 4.78 is 0. The Labute approximate surface area is 129 Å². The van der Waals surface area contributed by atoms with Crippen LogP contribution >= 0.6 is 11.6 Å². The molecular weight excluding hydrogens is 266 g/mol. The standard InChI is InChI=1S/C18H28ClN/c1-4-5-15-10-18(11-15,13-20-12-14(2)3)16-6-8-17(19)9-7-16/h6-9,14-15,20H,4-5,10-13H2,1-3H3. The summed E-state index contributed by atoms with van der Waals surface area (Å²) >= 11 is 6.03. The summed E-state index contributed by atoms with van der Waals surface area (Å²) in [5, 5.41) is 4.51. The van der Waals surface area contributed by atoms with E-state index in [1.54, 1.807) is 0 Å². The highest BCUT2D eigenvalue weighted by Crippen LogP contribution is 2.49. The molecule has 0 bridgehead atoms. The van der Waals surface area contributed by atoms with Crippen LogP contribution in [-0.2, 0) is 5.41 Å². The second-order valence-corrected chi connectivity index (χ2v) is 7.31. The zero-order valence-electron chi connectivity index (χ0n) is 13.1. The molecule has 1 aromatic carbocycles. The monoisotopic (exact) mass is 293 g/mol. The maximum atomic E-state index is 6.03. The predicted octanol–water partition coefficient (Wildman–Crippen LogP) is 5.03. The molecule has 20 heavy (non-hydrogen) atoms. The van der Waals surface area contributed by atoms with Gasteiger partial charge in [0.05, 0.1) is 0 Å². The number of hydrogen-bond acceptors (Lipinski definition) is 1. The van der Waals surface area contributed by atoms with E-state index in [0.717, 1.165) is 24.0 Å². The molecule has 0 atom stereocenters. The Bertz CT molecular complexity index is 404. The van der Waals surface area contributed by atoms with Crippen LogP contribution in [0.1, 0.15) is 52.0 Å². The molecular formula is C18H28ClN. The third-order valence-corrected chi connectivity index (χ3v) is 4.78. The molecule has 0 spiro atoms. The molecule has 0 aromatic heterocycles. The Morgan fingerprint density at radius 2 is 1.90 bits per heavy atom. The van der Waals surface area contributed by atoms with Crippen molar-refractivity contribution in [2.45, 2.75) is 51.9 Å². The van der Waals surface area contributed by atoms with Crippen molar-refractivity contribution in [1.29, 1.82) is 0 Å². The highest BCUT2D eigenvalue weighted by molar-refractivity contribution is 6.30. The van der Waals surface area contributed by atoms with Gasteiger partial charge in [0.25, 0.3) is 0 Å². The number of benzene rings is 1. The first-order valence-corrected chi connectivity index (χ1v) is 8.40. The van der Waals surface area contributed by atoms with Crippen LogP contribution in [0.25, 0.3) is 0 Å². The van der Waals surface area contributed by atoms with Gasteiger partial charge in [-0.05, 0) is 48.9 Å². The number of halogens is 1. The van der Waals surface area contributed by atoms with Gasteiger partial charge in [-0.3, -0.25) is 0 Å². The number of hydrogen-bond donors (Lipinski definition) is 1. The fourth-order valence-corrected chi connectivity index (χ4v) is 3.67. The molecule has 1 saturated carbocycles. The minimum atomic E-state index is 0.347. The van der Waals surface area contributed by atoms with E-state index >= 15 is 0 Å². The minimum Gasteiger partial charge on any atom is -0.316 e. The van der Waals surface area contributed by atoms with Crippen molar-refractivity contribution in [3.05, 3.63) is 34.9 Å². The Morgan fingerprint density at radius 1 is 1.25 bits per heavy atom. The van der Waals surface area contributed by atoms with Crippen molar-refractivity contribution in [2.75, 3.05) is 13.1 Å². The molecule has 1 nitrogen and oxygen atoms in total. The second-order valence-electron chi connectivity index (χ2n) is 6.87. The van der Waals surface area contributed by atoms with Crippen LogP contribution in [0.4, 0.5) is 0 Å². The molecule has 2 rings (SSSR count). The van der Waals surface area contributed by atoms with E-state index in [0.29, 0.717) is 11.3 Å². The van der Waals surface area contributed by atoms with Gasteiger partial charge in [-0.1, -0.05) is 57.3 Å². The van der Waals surface area contributed by atoms with Crippen molar-refractivity contribution >= 4 is 11.6 Å². The lowest BCUT2D eigenvalue weighted by atomic mass is 9.57. The molecule has 1 aliphatic carbocycles. The molecule has 0 amide bonds. The molecule has 1 N–H and O–H groups in total. The van der Waals surface area contributed by atoms with E-state index in [2.05, 4.69) is 38.2 Å². The molecule has 1 fully saturated rings. The van der Waals surface area contributed by atoms with Crippen LogP contribution in [0.3, 0.4) is 0 Å². The molecule has 1 aliphatic rings. The maximum absolute atomic E-state index is 6.03. The Morgan fingerprint density at radius 3 is 2.45 bits per heavy atom. The quantitative estimate of drug-likeness (QED) is 0.743. The number of nitrogens with one attached hydrogen (secondary N) is 1. The average molecular weight is 294 g/mol. The van der Waals surface area contributed by atoms with Crippen molar-refractivity contribution in [2.24, 2.45) is 11.8 Å². The molecule has 0 aliphatic heterocycles. The van der Waals surface area contributed by atoms with Crippen LogP contribution in [-0.4, -0.2) is 13.1 Å². The average Bonchev–Trinajstić information content (AvgIpc) is 2.36. The summed E-state index contributed by atoms with van der Waals surface area (Å²) in [5.74, 6) is 1.63. The lowest BCUT2D eigenvalue weighted by molar-refractivity contribution is 0.128. The van der Waals surface area contributed by atoms with E-state index in [1.165, 1.54) is 31.2 Å². The van der Waals surface area contributed by atoms with Gasteiger partial charge in [-0.15, -0.1) is 0 Å². The fourth-order valence-electron chi connectivity index (χ4n) is 3.54. The zero-order chi connectivity index (χ0) is 14.6. The summed E-state index contributed by atoms with van der Waals surface area (Å²) in [5.41, 5.74) is 1.81. The summed E-state index contributed by atoms with van der Waals surface area (Å²) in [6, 6.07) is 8.52. The van der Waals surface area contributed by atoms with Gasteiger partial charge >= 0.3 is 0 Å². The van der Waals surface area contributed by atoms with Crippen LogP contribution in [0.2, 0.25) is 5.02 Å². The van der Waals surface area contributed by atoms with E-state index in [1.807, 2.05) is 12.1 Å². The molecule has 112 valence electrons. The summed E-state index contributed by atoms with van der Waals surface area (Å²) in [6.45, 7) is 9.03. The molecule has 1 aromatic rings. The van der Waals surface area contributed by atoms with Gasteiger partial charge in [0.1, 0.15) is 0 Å². The van der Waals surface area contributed by atoms with Gasteiger partial charge < -0.3 is 5.32 Å². The highest BCUT2D eigenvalue weighted by atomic mass is 35.5. The Hall–Kier alpha value is -0.530. The molecule has 2 heteroatoms. The van der Waals surface area contributed by atoms with Crippen LogP contribution in [0.15, 0.2) is 24.3 Å². The van der Waals surface area contributed by atoms with Crippen molar-refractivity contribution in [3.63, 3.8) is 0 Å². The minimum absolute atomic E-state index is 0.347. The van der Waals surface area contributed by atoms with Crippen LogP contribution in [0, 0.1) is 11.8 Å². The second kappa shape index (κ2) is 6.95. The predicted molar refractivity (Wildman–Crippen MR) is 88.5 cm³/mol. The fraction of sp³-hybridized carbons (Fsp3) is 0.667. The highest BCUT2D eigenvalue weighted by Gasteiger charge is 2.44. The van der Waals surface area contributed by atoms with Crippen molar-refractivity contribution < 1.29 is 0 Å². The van der Waals surface area contributed by atoms with Gasteiger partial charge in [0.15, 0.2) is 0 Å². The van der Waals surface area contributed by atoms with Crippen molar-refractivity contribution in [3.8, 4) is 0 Å². The van der Waals surface area contributed by atoms with Gasteiger partial charge in [0, 0.05) is 17.0 Å². The third-order valence-electron chi connectivity index (χ3n) is 4.53. The summed E-state index contributed by atoms with van der Waals surface area (Å²) in [4.78, 5) is 0.